The van der Waals surface area contributed by atoms with Crippen LogP contribution in [0, 0.1) is 5.92 Å². The maximum atomic E-state index is 13.2. The molecular formula is C23H24N2O4. The Balaban J connectivity index is 1.74. The van der Waals surface area contributed by atoms with Gasteiger partial charge in [-0.1, -0.05) is 18.2 Å². The molecule has 29 heavy (non-hydrogen) atoms. The van der Waals surface area contributed by atoms with Crippen LogP contribution in [0.4, 0.5) is 5.82 Å². The maximum absolute atomic E-state index is 13.2. The lowest BCUT2D eigenvalue weighted by molar-refractivity contribution is -0.118. The summed E-state index contributed by atoms with van der Waals surface area (Å²) in [6, 6.07) is 14.9. The Kier molecular flexibility index (Phi) is 5.25. The molecule has 6 heteroatoms. The second-order valence-corrected chi connectivity index (χ2v) is 7.28. The van der Waals surface area contributed by atoms with Gasteiger partial charge in [-0.3, -0.25) is 14.2 Å². The van der Waals surface area contributed by atoms with Crippen LogP contribution in [0.15, 0.2) is 53.3 Å². The first-order valence-corrected chi connectivity index (χ1v) is 9.71. The number of anilines is 1. The van der Waals surface area contributed by atoms with Gasteiger partial charge in [0.15, 0.2) is 5.78 Å². The predicted octanol–water partition coefficient (Wildman–Crippen LogP) is 3.46. The van der Waals surface area contributed by atoms with Crippen LogP contribution < -0.4 is 20.3 Å². The predicted molar refractivity (Wildman–Crippen MR) is 113 cm³/mol. The quantitative estimate of drug-likeness (QED) is 0.636. The van der Waals surface area contributed by atoms with Crippen molar-refractivity contribution in [3.8, 4) is 11.5 Å². The molecule has 1 fully saturated rings. The van der Waals surface area contributed by atoms with Crippen molar-refractivity contribution in [1.82, 2.24) is 4.57 Å². The van der Waals surface area contributed by atoms with Crippen LogP contribution in [-0.2, 0) is 11.3 Å². The SMILES string of the molecule is COc1ccc(Cn2c(NCC(=O)C3CC3)cc3ccccc3c2=O)c(OC)c1. The minimum Gasteiger partial charge on any atom is -0.497 e. The molecule has 0 saturated heterocycles. The number of methoxy groups -OCH3 is 2. The maximum Gasteiger partial charge on any atom is 0.260 e. The third-order valence-corrected chi connectivity index (χ3v) is 5.32. The first-order chi connectivity index (χ1) is 14.1. The highest BCUT2D eigenvalue weighted by atomic mass is 16.5. The number of benzene rings is 2. The van der Waals surface area contributed by atoms with E-state index < -0.39 is 0 Å². The summed E-state index contributed by atoms with van der Waals surface area (Å²) in [6.45, 7) is 0.541. The fourth-order valence-corrected chi connectivity index (χ4v) is 3.48. The van der Waals surface area contributed by atoms with Crippen molar-refractivity contribution in [1.29, 1.82) is 0 Å². The van der Waals surface area contributed by atoms with E-state index in [4.69, 9.17) is 9.47 Å². The lowest BCUT2D eigenvalue weighted by atomic mass is 10.1. The molecule has 4 rings (SSSR count). The first-order valence-electron chi connectivity index (χ1n) is 9.71. The molecule has 1 N–H and O–H groups in total. The molecule has 1 aliphatic carbocycles. The average molecular weight is 392 g/mol. The fraction of sp³-hybridized carbons (Fsp3) is 0.304. The number of rotatable bonds is 8. The van der Waals surface area contributed by atoms with E-state index in [1.807, 2.05) is 42.5 Å². The van der Waals surface area contributed by atoms with Gasteiger partial charge >= 0.3 is 0 Å². The van der Waals surface area contributed by atoms with Crippen molar-refractivity contribution < 1.29 is 14.3 Å². The van der Waals surface area contributed by atoms with E-state index in [2.05, 4.69) is 5.32 Å². The molecule has 0 spiro atoms. The van der Waals surface area contributed by atoms with Gasteiger partial charge in [-0.05, 0) is 42.5 Å². The van der Waals surface area contributed by atoms with E-state index >= 15 is 0 Å². The van der Waals surface area contributed by atoms with Crippen LogP contribution in [0.3, 0.4) is 0 Å². The van der Waals surface area contributed by atoms with Gasteiger partial charge in [0.05, 0.1) is 27.3 Å². The van der Waals surface area contributed by atoms with Crippen LogP contribution in [0.5, 0.6) is 11.5 Å². The Bertz CT molecular complexity index is 1120. The number of hydrogen-bond donors (Lipinski definition) is 1. The largest absolute Gasteiger partial charge is 0.497 e. The Hall–Kier alpha value is -3.28. The van der Waals surface area contributed by atoms with Crippen LogP contribution in [0.1, 0.15) is 18.4 Å². The normalized spacial score (nSPS) is 13.3. The molecule has 1 saturated carbocycles. The molecule has 1 aliphatic rings. The number of ether oxygens (including phenoxy) is 2. The Labute approximate surface area is 169 Å². The van der Waals surface area contributed by atoms with Gasteiger partial charge < -0.3 is 14.8 Å². The molecule has 150 valence electrons. The summed E-state index contributed by atoms with van der Waals surface area (Å²) in [5, 5.41) is 4.68. The molecule has 0 radical (unpaired) electrons. The van der Waals surface area contributed by atoms with E-state index in [0.717, 1.165) is 23.8 Å². The number of hydrogen-bond acceptors (Lipinski definition) is 5. The number of carbonyl (C=O) groups is 1. The number of Topliss-reactive ketones (excluding diaryl/α,β-unsaturated/α-hetero) is 1. The summed E-state index contributed by atoms with van der Waals surface area (Å²) in [5.74, 6) is 2.32. The number of pyridine rings is 1. The third kappa shape index (κ3) is 3.97. The lowest BCUT2D eigenvalue weighted by Crippen LogP contribution is -2.26. The van der Waals surface area contributed by atoms with Gasteiger partial charge in [-0.2, -0.15) is 0 Å². The second kappa shape index (κ2) is 7.99. The Morgan fingerprint density at radius 1 is 1.10 bits per heavy atom. The van der Waals surface area contributed by atoms with Crippen LogP contribution in [0.25, 0.3) is 10.8 Å². The molecule has 3 aromatic rings. The second-order valence-electron chi connectivity index (χ2n) is 7.28. The smallest absolute Gasteiger partial charge is 0.260 e. The highest BCUT2D eigenvalue weighted by Crippen LogP contribution is 2.30. The number of aromatic nitrogens is 1. The zero-order chi connectivity index (χ0) is 20.4. The number of nitrogens with one attached hydrogen (secondary N) is 1. The highest BCUT2D eigenvalue weighted by Gasteiger charge is 2.29. The Morgan fingerprint density at radius 2 is 1.90 bits per heavy atom. The zero-order valence-corrected chi connectivity index (χ0v) is 16.6. The zero-order valence-electron chi connectivity index (χ0n) is 16.6. The van der Waals surface area contributed by atoms with E-state index in [9.17, 15) is 9.59 Å². The van der Waals surface area contributed by atoms with Gasteiger partial charge in [-0.15, -0.1) is 0 Å². The van der Waals surface area contributed by atoms with Gasteiger partial charge in [0.25, 0.3) is 5.56 Å². The van der Waals surface area contributed by atoms with Gasteiger partial charge in [0.2, 0.25) is 0 Å². The van der Waals surface area contributed by atoms with Crippen molar-refractivity contribution in [2.75, 3.05) is 26.1 Å². The summed E-state index contributed by atoms with van der Waals surface area (Å²) < 4.78 is 12.4. The van der Waals surface area contributed by atoms with Crippen molar-refractivity contribution in [2.24, 2.45) is 5.92 Å². The molecule has 1 aromatic heterocycles. The van der Waals surface area contributed by atoms with Crippen LogP contribution >= 0.6 is 0 Å². The number of fused-ring (bicyclic) bond motifs is 1. The molecule has 0 unspecified atom stereocenters. The van der Waals surface area contributed by atoms with Gasteiger partial charge in [0.1, 0.15) is 17.3 Å². The van der Waals surface area contributed by atoms with Crippen molar-refractivity contribution >= 4 is 22.4 Å². The molecule has 0 atom stereocenters. The summed E-state index contributed by atoms with van der Waals surface area (Å²) in [4.78, 5) is 25.4. The minimum atomic E-state index is -0.109. The molecule has 0 amide bonds. The van der Waals surface area contributed by atoms with Crippen LogP contribution in [-0.4, -0.2) is 31.1 Å². The third-order valence-electron chi connectivity index (χ3n) is 5.32. The lowest BCUT2D eigenvalue weighted by Gasteiger charge is -2.17. The summed E-state index contributed by atoms with van der Waals surface area (Å²) >= 11 is 0. The monoisotopic (exact) mass is 392 g/mol. The topological polar surface area (TPSA) is 69.6 Å². The highest BCUT2D eigenvalue weighted by molar-refractivity contribution is 5.88. The molecular weight excluding hydrogens is 368 g/mol. The molecule has 2 aromatic carbocycles. The van der Waals surface area contributed by atoms with Gasteiger partial charge in [-0.25, -0.2) is 0 Å². The number of carbonyl (C=O) groups excluding carboxylic acids is 1. The molecule has 1 heterocycles. The molecule has 0 bridgehead atoms. The van der Waals surface area contributed by atoms with Crippen molar-refractivity contribution in [2.45, 2.75) is 19.4 Å². The summed E-state index contributed by atoms with van der Waals surface area (Å²) in [7, 11) is 3.19. The first kappa shape index (κ1) is 19.1. The molecule has 0 aliphatic heterocycles. The summed E-state index contributed by atoms with van der Waals surface area (Å²) in [5.41, 5.74) is 0.740. The van der Waals surface area contributed by atoms with E-state index in [1.165, 1.54) is 0 Å². The fourth-order valence-electron chi connectivity index (χ4n) is 3.48. The van der Waals surface area contributed by atoms with Crippen molar-refractivity contribution in [3.63, 3.8) is 0 Å². The van der Waals surface area contributed by atoms with Gasteiger partial charge in [0, 0.05) is 22.9 Å². The average Bonchev–Trinajstić information content (AvgIpc) is 3.60. The number of nitrogens with zero attached hydrogens (tertiary/aromatic N) is 1. The minimum absolute atomic E-state index is 0.109. The van der Waals surface area contributed by atoms with Crippen molar-refractivity contribution in [3.05, 3.63) is 64.4 Å². The van der Waals surface area contributed by atoms with Crippen LogP contribution in [0.2, 0.25) is 0 Å². The number of ketones is 1. The molecule has 6 nitrogen and oxygen atoms in total. The Morgan fingerprint density at radius 3 is 2.62 bits per heavy atom. The van der Waals surface area contributed by atoms with E-state index in [-0.39, 0.29) is 23.8 Å². The summed E-state index contributed by atoms with van der Waals surface area (Å²) in [6.07, 6.45) is 1.93. The van der Waals surface area contributed by atoms with E-state index in [1.54, 1.807) is 24.9 Å². The standard InChI is InChI=1S/C23H24N2O4/c1-28-18-10-9-17(21(12-18)29-2)14-25-22(24-13-20(26)15-7-8-15)11-16-5-3-4-6-19(16)23(25)27/h3-6,9-12,15,24H,7-8,13-14H2,1-2H3. The van der Waals surface area contributed by atoms with E-state index in [0.29, 0.717) is 29.2 Å².